The lowest BCUT2D eigenvalue weighted by atomic mass is 10.0. The van der Waals surface area contributed by atoms with Gasteiger partial charge >= 0.3 is 6.09 Å². The molecule has 2 atom stereocenters. The third-order valence-electron chi connectivity index (χ3n) is 7.36. The summed E-state index contributed by atoms with van der Waals surface area (Å²) in [5.74, 6) is 0. The topological polar surface area (TPSA) is 85.9 Å². The summed E-state index contributed by atoms with van der Waals surface area (Å²) in [7, 11) is 3.32. The number of likely N-dealkylation sites (tertiary alicyclic amines) is 1. The molecule has 1 amide bonds. The van der Waals surface area contributed by atoms with Gasteiger partial charge in [0.05, 0.1) is 6.04 Å². The van der Waals surface area contributed by atoms with Gasteiger partial charge in [0.2, 0.25) is 0 Å². The zero-order valence-corrected chi connectivity index (χ0v) is 22.8. The molecule has 2 aliphatic heterocycles. The zero-order valence-electron chi connectivity index (χ0n) is 23.8. The molecule has 7 heteroatoms. The Labute approximate surface area is 222 Å². The number of aliphatic hydroxyl groups excluding tert-OH is 1. The number of likely N-dealkylation sites (N-methyl/N-ethyl adjacent to an activating group) is 1. The first-order valence-electron chi connectivity index (χ1n) is 13.9. The standard InChI is InChI=1S/C18H26N2O2.C7H14N2.C2H6O.2CH4/c1-17(2,3)22-16(21)19-15-12-20(13-18(15)9-10-18)11-14-7-5-4-6-8-14;1-8-6-4-9-5-7(6)2-3-7;1-2-3;;/h4-8,15H,9-13H2,1-3H3,(H,19,21);6,8-9H,2-5H2,1H3;3H,2H2,1H3;2*1H4/t15-;6-;;;/m11.../s1/i;;;1T;. The Bertz CT molecular complexity index is 779. The van der Waals surface area contributed by atoms with E-state index in [-0.39, 0.29) is 31.6 Å². The van der Waals surface area contributed by atoms with Gasteiger partial charge in [-0.25, -0.2) is 4.79 Å². The maximum atomic E-state index is 12.0. The average molecular weight is 509 g/mol. The molecule has 0 aromatic heterocycles. The quantitative estimate of drug-likeness (QED) is 0.482. The summed E-state index contributed by atoms with van der Waals surface area (Å²) in [5.41, 5.74) is 1.86. The highest BCUT2D eigenvalue weighted by Crippen LogP contribution is 2.53. The average Bonchev–Trinajstić information content (AvgIpc) is 3.70. The molecule has 0 bridgehead atoms. The number of hydrogen-bond acceptors (Lipinski definition) is 6. The summed E-state index contributed by atoms with van der Waals surface area (Å²) in [5, 5.41) is 17.4. The molecular formula is C29H54N4O3. The van der Waals surface area contributed by atoms with E-state index >= 15 is 0 Å². The van der Waals surface area contributed by atoms with E-state index in [1.807, 2.05) is 26.8 Å². The van der Waals surface area contributed by atoms with Crippen LogP contribution in [-0.2, 0) is 11.3 Å². The molecule has 7 nitrogen and oxygen atoms in total. The summed E-state index contributed by atoms with van der Waals surface area (Å²) >= 11 is 0. The Hall–Kier alpha value is -1.67. The van der Waals surface area contributed by atoms with Gasteiger partial charge in [-0.15, -0.1) is 0 Å². The van der Waals surface area contributed by atoms with E-state index < -0.39 is 5.60 Å². The lowest BCUT2D eigenvalue weighted by molar-refractivity contribution is 0.0492. The van der Waals surface area contributed by atoms with Crippen molar-refractivity contribution in [2.45, 2.75) is 92.4 Å². The van der Waals surface area contributed by atoms with E-state index in [0.717, 1.165) is 25.7 Å². The third-order valence-corrected chi connectivity index (χ3v) is 7.36. The molecule has 36 heavy (non-hydrogen) atoms. The highest BCUT2D eigenvalue weighted by molar-refractivity contribution is 5.68. The molecule has 4 fully saturated rings. The smallest absolute Gasteiger partial charge is 0.407 e. The van der Waals surface area contributed by atoms with E-state index in [0.29, 0.717) is 5.41 Å². The first-order valence-corrected chi connectivity index (χ1v) is 12.9. The second-order valence-electron chi connectivity index (χ2n) is 11.4. The molecule has 2 spiro atoms. The monoisotopic (exact) mass is 508 g/mol. The number of hydrogen-bond donors (Lipinski definition) is 4. The fraction of sp³-hybridized carbons (Fsp3) is 0.759. The van der Waals surface area contributed by atoms with E-state index in [1.54, 1.807) is 6.92 Å². The number of amides is 1. The molecule has 2 saturated heterocycles. The Morgan fingerprint density at radius 2 is 1.75 bits per heavy atom. The van der Waals surface area contributed by atoms with Crippen LogP contribution in [0.5, 0.6) is 0 Å². The minimum absolute atomic E-state index is 0. The highest BCUT2D eigenvalue weighted by Gasteiger charge is 2.55. The normalized spacial score (nSPS) is 24.5. The van der Waals surface area contributed by atoms with Crippen LogP contribution in [-0.4, -0.2) is 73.6 Å². The largest absolute Gasteiger partial charge is 0.444 e. The van der Waals surface area contributed by atoms with Crippen molar-refractivity contribution in [3.8, 4) is 0 Å². The van der Waals surface area contributed by atoms with Crippen molar-refractivity contribution in [3.05, 3.63) is 35.9 Å². The van der Waals surface area contributed by atoms with Gasteiger partial charge in [-0.05, 0) is 71.4 Å². The fourth-order valence-corrected chi connectivity index (χ4v) is 5.25. The van der Waals surface area contributed by atoms with Crippen LogP contribution in [0.3, 0.4) is 0 Å². The molecule has 2 saturated carbocycles. The summed E-state index contributed by atoms with van der Waals surface area (Å²) in [6.45, 7) is 13.0. The van der Waals surface area contributed by atoms with Crippen LogP contribution in [0.4, 0.5) is 4.79 Å². The van der Waals surface area contributed by atoms with Crippen LogP contribution < -0.4 is 16.0 Å². The molecule has 4 N–H and O–H groups in total. The number of nitrogens with one attached hydrogen (secondary N) is 3. The molecule has 2 heterocycles. The summed E-state index contributed by atoms with van der Waals surface area (Å²) < 4.78 is 11.2. The zero-order chi connectivity index (χ0) is 26.8. The fourth-order valence-electron chi connectivity index (χ4n) is 5.25. The molecule has 2 aliphatic carbocycles. The van der Waals surface area contributed by atoms with Crippen molar-refractivity contribution >= 4 is 6.09 Å². The van der Waals surface area contributed by atoms with Crippen molar-refractivity contribution in [2.24, 2.45) is 10.8 Å². The Morgan fingerprint density at radius 3 is 2.22 bits per heavy atom. The van der Waals surface area contributed by atoms with Crippen LogP contribution in [0.2, 0.25) is 0 Å². The molecule has 208 valence electrons. The predicted octanol–water partition coefficient (Wildman–Crippen LogP) is 4.40. The number of rotatable bonds is 4. The van der Waals surface area contributed by atoms with Crippen LogP contribution in [0, 0.1) is 10.8 Å². The molecule has 1 aromatic rings. The van der Waals surface area contributed by atoms with E-state index in [9.17, 15) is 4.79 Å². The molecule has 5 rings (SSSR count). The lowest BCUT2D eigenvalue weighted by Gasteiger charge is -2.24. The van der Waals surface area contributed by atoms with Crippen molar-refractivity contribution in [2.75, 3.05) is 39.8 Å². The van der Waals surface area contributed by atoms with Gasteiger partial charge in [0.15, 0.2) is 0 Å². The Balaban J connectivity index is 0.000000378. The first-order chi connectivity index (χ1) is 17.1. The number of aliphatic hydroxyl groups is 1. The highest BCUT2D eigenvalue weighted by atomic mass is 16.6. The van der Waals surface area contributed by atoms with Gasteiger partial charge in [0, 0.05) is 52.2 Å². The third kappa shape index (κ3) is 9.02. The predicted molar refractivity (Wildman–Crippen MR) is 150 cm³/mol. The van der Waals surface area contributed by atoms with Crippen LogP contribution in [0.25, 0.3) is 0 Å². The summed E-state index contributed by atoms with van der Waals surface area (Å²) in [6.07, 6.45) is 5.00. The van der Waals surface area contributed by atoms with Crippen molar-refractivity contribution in [1.82, 2.24) is 20.9 Å². The minimum atomic E-state index is -0.441. The van der Waals surface area contributed by atoms with Gasteiger partial charge < -0.3 is 25.8 Å². The van der Waals surface area contributed by atoms with Gasteiger partial charge in [-0.3, -0.25) is 4.90 Å². The number of ether oxygens (including phenoxy) is 1. The van der Waals surface area contributed by atoms with Crippen LogP contribution >= 0.6 is 0 Å². The van der Waals surface area contributed by atoms with Crippen molar-refractivity contribution in [3.63, 3.8) is 0 Å². The number of carbonyl (C=O) groups is 1. The maximum Gasteiger partial charge on any atom is 0.407 e. The van der Waals surface area contributed by atoms with Crippen molar-refractivity contribution in [1.29, 1.82) is 0 Å². The van der Waals surface area contributed by atoms with Gasteiger partial charge in [0.25, 0.3) is 0 Å². The Morgan fingerprint density at radius 1 is 1.17 bits per heavy atom. The second-order valence-corrected chi connectivity index (χ2v) is 11.4. The number of nitrogens with zero attached hydrogens (tertiary/aromatic N) is 1. The first kappa shape index (κ1) is 30.6. The summed E-state index contributed by atoms with van der Waals surface area (Å²) in [6, 6.07) is 11.5. The van der Waals surface area contributed by atoms with E-state index in [4.69, 9.17) is 11.2 Å². The lowest BCUT2D eigenvalue weighted by Crippen LogP contribution is -2.44. The number of carbonyl (C=O) groups excluding carboxylic acids is 1. The van der Waals surface area contributed by atoms with Gasteiger partial charge in [-0.1, -0.05) is 45.2 Å². The number of benzene rings is 1. The molecule has 1 aromatic carbocycles. The van der Waals surface area contributed by atoms with Crippen molar-refractivity contribution < 1.29 is 16.0 Å². The second kappa shape index (κ2) is 13.8. The molecule has 0 radical (unpaired) electrons. The minimum Gasteiger partial charge on any atom is -0.444 e. The van der Waals surface area contributed by atoms with E-state index in [2.05, 4.69) is 52.2 Å². The summed E-state index contributed by atoms with van der Waals surface area (Å²) in [4.78, 5) is 14.5. The molecular weight excluding hydrogens is 452 g/mol. The van der Waals surface area contributed by atoms with Crippen LogP contribution in [0.15, 0.2) is 30.3 Å². The van der Waals surface area contributed by atoms with E-state index in [1.165, 1.54) is 51.7 Å². The number of alkyl carbamates (subject to hydrolysis) is 1. The van der Waals surface area contributed by atoms with Crippen LogP contribution in [0.1, 0.15) is 75.1 Å². The Kier molecular flexibility index (Phi) is 11.7. The molecule has 0 unspecified atom stereocenters. The SMILES string of the molecule is C.CC(C)(C)OC(=O)N[C@@H]1CN(Cc2ccccc2)CC12CC2.CCO.CN[C@@H]1CNCC12CC2.[3H]C. The molecule has 4 aliphatic rings. The maximum absolute atomic E-state index is 12.0. The van der Waals surface area contributed by atoms with Gasteiger partial charge in [0.1, 0.15) is 5.60 Å². The van der Waals surface area contributed by atoms with Gasteiger partial charge in [-0.2, -0.15) is 0 Å².